The van der Waals surface area contributed by atoms with E-state index in [4.69, 9.17) is 23.7 Å². The molecule has 0 bridgehead atoms. The number of hydrogen-bond acceptors (Lipinski definition) is 6. The first kappa shape index (κ1) is 20.2. The molecule has 0 heterocycles. The topological polar surface area (TPSA) is 63.2 Å². The molecular formula is C21H24O6. The fraction of sp³-hybridized carbons (Fsp3) is 0.286. The van der Waals surface area contributed by atoms with E-state index in [1.165, 1.54) is 6.08 Å². The lowest BCUT2D eigenvalue weighted by Gasteiger charge is -2.12. The number of aryl methyl sites for hydroxylation is 1. The Hall–Kier alpha value is -3.15. The second-order valence-electron chi connectivity index (χ2n) is 5.68. The van der Waals surface area contributed by atoms with Gasteiger partial charge in [0.05, 0.1) is 28.4 Å². The number of hydrogen-bond donors (Lipinski definition) is 0. The third-order valence-electron chi connectivity index (χ3n) is 4.05. The number of benzene rings is 2. The van der Waals surface area contributed by atoms with E-state index in [0.29, 0.717) is 23.0 Å². The molecule has 6 nitrogen and oxygen atoms in total. The summed E-state index contributed by atoms with van der Waals surface area (Å²) in [6, 6.07) is 9.00. The molecule has 0 N–H and O–H groups in total. The van der Waals surface area contributed by atoms with Crippen LogP contribution in [0.15, 0.2) is 36.4 Å². The van der Waals surface area contributed by atoms with Crippen LogP contribution in [0.25, 0.3) is 6.08 Å². The van der Waals surface area contributed by atoms with Crippen LogP contribution >= 0.6 is 0 Å². The van der Waals surface area contributed by atoms with Crippen molar-refractivity contribution in [1.82, 2.24) is 0 Å². The van der Waals surface area contributed by atoms with Gasteiger partial charge in [-0.05, 0) is 48.4 Å². The summed E-state index contributed by atoms with van der Waals surface area (Å²) in [5, 5.41) is 0. The lowest BCUT2D eigenvalue weighted by atomic mass is 10.1. The molecule has 0 saturated heterocycles. The minimum absolute atomic E-state index is 0.134. The number of ether oxygens (including phenoxy) is 5. The molecule has 0 unspecified atom stereocenters. The van der Waals surface area contributed by atoms with E-state index in [2.05, 4.69) is 0 Å². The first-order chi connectivity index (χ1) is 13.0. The predicted molar refractivity (Wildman–Crippen MR) is 103 cm³/mol. The maximum atomic E-state index is 12.1. The van der Waals surface area contributed by atoms with Gasteiger partial charge in [0.25, 0.3) is 0 Å². The lowest BCUT2D eigenvalue weighted by molar-refractivity contribution is -0.138. The molecule has 0 amide bonds. The van der Waals surface area contributed by atoms with Gasteiger partial charge in [-0.15, -0.1) is 0 Å². The van der Waals surface area contributed by atoms with E-state index in [1.807, 2.05) is 13.0 Å². The van der Waals surface area contributed by atoms with Gasteiger partial charge in [-0.3, -0.25) is 0 Å². The smallest absolute Gasteiger partial charge is 0.331 e. The summed E-state index contributed by atoms with van der Waals surface area (Å²) >= 11 is 0. The van der Waals surface area contributed by atoms with Gasteiger partial charge in [0.2, 0.25) is 0 Å². The molecule has 27 heavy (non-hydrogen) atoms. The highest BCUT2D eigenvalue weighted by Crippen LogP contribution is 2.30. The summed E-state index contributed by atoms with van der Waals surface area (Å²) in [6.45, 7) is 2.05. The Bertz CT molecular complexity index is 826. The van der Waals surface area contributed by atoms with Crippen molar-refractivity contribution in [1.29, 1.82) is 0 Å². The van der Waals surface area contributed by atoms with Crippen LogP contribution in [0.4, 0.5) is 0 Å². The van der Waals surface area contributed by atoms with Gasteiger partial charge in [-0.1, -0.05) is 0 Å². The Morgan fingerprint density at radius 3 is 2.19 bits per heavy atom. The summed E-state index contributed by atoms with van der Waals surface area (Å²) in [4.78, 5) is 12.1. The lowest BCUT2D eigenvalue weighted by Crippen LogP contribution is -2.03. The SMILES string of the molecule is COc1ccc(/C=C/C(=O)OCc2cc(OC)c(OC)cc2C)c(OC)c1. The molecule has 6 heteroatoms. The highest BCUT2D eigenvalue weighted by atomic mass is 16.5. The van der Waals surface area contributed by atoms with Gasteiger partial charge in [0.15, 0.2) is 11.5 Å². The third-order valence-corrected chi connectivity index (χ3v) is 4.05. The van der Waals surface area contributed by atoms with Gasteiger partial charge in [0.1, 0.15) is 18.1 Å². The van der Waals surface area contributed by atoms with Crippen molar-refractivity contribution in [3.8, 4) is 23.0 Å². The van der Waals surface area contributed by atoms with Crippen LogP contribution in [0.2, 0.25) is 0 Å². The molecular weight excluding hydrogens is 348 g/mol. The molecule has 0 aliphatic heterocycles. The Balaban J connectivity index is 2.05. The van der Waals surface area contributed by atoms with Crippen molar-refractivity contribution in [2.24, 2.45) is 0 Å². The second kappa shape index (κ2) is 9.52. The van der Waals surface area contributed by atoms with E-state index in [1.54, 1.807) is 58.8 Å². The van der Waals surface area contributed by atoms with Gasteiger partial charge in [0, 0.05) is 17.7 Å². The predicted octanol–water partition coefficient (Wildman–Crippen LogP) is 3.79. The average molecular weight is 372 g/mol. The Kier molecular flexibility index (Phi) is 7.11. The molecule has 0 aromatic heterocycles. The molecule has 2 aromatic carbocycles. The van der Waals surface area contributed by atoms with Crippen LogP contribution in [0.5, 0.6) is 23.0 Å². The molecule has 2 rings (SSSR count). The molecule has 0 saturated carbocycles. The van der Waals surface area contributed by atoms with Crippen molar-refractivity contribution in [3.05, 3.63) is 53.1 Å². The molecule has 0 spiro atoms. The highest BCUT2D eigenvalue weighted by Gasteiger charge is 2.10. The van der Waals surface area contributed by atoms with Crippen LogP contribution in [0, 0.1) is 6.92 Å². The van der Waals surface area contributed by atoms with Gasteiger partial charge >= 0.3 is 5.97 Å². The van der Waals surface area contributed by atoms with E-state index in [9.17, 15) is 4.79 Å². The van der Waals surface area contributed by atoms with Crippen molar-refractivity contribution < 1.29 is 28.5 Å². The fourth-order valence-corrected chi connectivity index (χ4v) is 2.49. The van der Waals surface area contributed by atoms with Crippen molar-refractivity contribution in [2.45, 2.75) is 13.5 Å². The molecule has 0 aliphatic rings. The molecule has 0 atom stereocenters. The van der Waals surface area contributed by atoms with E-state index in [-0.39, 0.29) is 6.61 Å². The summed E-state index contributed by atoms with van der Waals surface area (Å²) in [5.41, 5.74) is 2.54. The van der Waals surface area contributed by atoms with Crippen molar-refractivity contribution in [3.63, 3.8) is 0 Å². The largest absolute Gasteiger partial charge is 0.497 e. The molecule has 2 aromatic rings. The van der Waals surface area contributed by atoms with Crippen LogP contribution in [0.3, 0.4) is 0 Å². The molecule has 0 aliphatic carbocycles. The third kappa shape index (κ3) is 5.17. The maximum absolute atomic E-state index is 12.1. The normalized spacial score (nSPS) is 10.6. The number of rotatable bonds is 8. The monoisotopic (exact) mass is 372 g/mol. The zero-order valence-electron chi connectivity index (χ0n) is 16.2. The van der Waals surface area contributed by atoms with Crippen LogP contribution < -0.4 is 18.9 Å². The van der Waals surface area contributed by atoms with Gasteiger partial charge < -0.3 is 23.7 Å². The van der Waals surface area contributed by atoms with Crippen molar-refractivity contribution in [2.75, 3.05) is 28.4 Å². The average Bonchev–Trinajstić information content (AvgIpc) is 2.70. The van der Waals surface area contributed by atoms with E-state index in [0.717, 1.165) is 16.7 Å². The van der Waals surface area contributed by atoms with E-state index < -0.39 is 5.97 Å². The van der Waals surface area contributed by atoms with E-state index >= 15 is 0 Å². The zero-order valence-corrected chi connectivity index (χ0v) is 16.2. The summed E-state index contributed by atoms with van der Waals surface area (Å²) in [7, 11) is 6.28. The molecule has 144 valence electrons. The number of carbonyl (C=O) groups is 1. The van der Waals surface area contributed by atoms with Gasteiger partial charge in [-0.25, -0.2) is 4.79 Å². The summed E-state index contributed by atoms with van der Waals surface area (Å²) in [5.74, 6) is 2.05. The first-order valence-electron chi connectivity index (χ1n) is 8.30. The highest BCUT2D eigenvalue weighted by molar-refractivity contribution is 5.87. The maximum Gasteiger partial charge on any atom is 0.331 e. The van der Waals surface area contributed by atoms with Gasteiger partial charge in [-0.2, -0.15) is 0 Å². The van der Waals surface area contributed by atoms with Crippen molar-refractivity contribution >= 4 is 12.0 Å². The number of carbonyl (C=O) groups excluding carboxylic acids is 1. The quantitative estimate of drug-likeness (QED) is 0.519. The minimum atomic E-state index is -0.456. The number of methoxy groups -OCH3 is 4. The van der Waals surface area contributed by atoms with Crippen LogP contribution in [-0.2, 0) is 16.1 Å². The fourth-order valence-electron chi connectivity index (χ4n) is 2.49. The first-order valence-corrected chi connectivity index (χ1v) is 8.30. The summed E-state index contributed by atoms with van der Waals surface area (Å²) < 4.78 is 26.3. The second-order valence-corrected chi connectivity index (χ2v) is 5.68. The number of esters is 1. The minimum Gasteiger partial charge on any atom is -0.497 e. The van der Waals surface area contributed by atoms with Crippen LogP contribution in [0.1, 0.15) is 16.7 Å². The molecule has 0 fully saturated rings. The Morgan fingerprint density at radius 1 is 0.889 bits per heavy atom. The zero-order chi connectivity index (χ0) is 19.8. The molecule has 0 radical (unpaired) electrons. The Morgan fingerprint density at radius 2 is 1.56 bits per heavy atom. The standard InChI is InChI=1S/C21H24O6/c1-14-10-19(25-4)20(26-5)11-16(14)13-27-21(22)9-7-15-6-8-17(23-2)12-18(15)24-3/h6-12H,13H2,1-5H3/b9-7+. The Labute approximate surface area is 159 Å². The van der Waals surface area contributed by atoms with Crippen LogP contribution in [-0.4, -0.2) is 34.4 Å². The summed E-state index contributed by atoms with van der Waals surface area (Å²) in [6.07, 6.45) is 3.00.